The van der Waals surface area contributed by atoms with Crippen molar-refractivity contribution in [3.63, 3.8) is 0 Å². The number of likely N-dealkylation sites (N-methyl/N-ethyl adjacent to an activating group) is 1. The summed E-state index contributed by atoms with van der Waals surface area (Å²) in [5.41, 5.74) is -0.450. The normalized spacial score (nSPS) is 20.4. The van der Waals surface area contributed by atoms with Crippen molar-refractivity contribution in [2.24, 2.45) is 0 Å². The largest absolute Gasteiger partial charge is 0.353 e. The van der Waals surface area contributed by atoms with Crippen molar-refractivity contribution in [3.05, 3.63) is 34.3 Å². The van der Waals surface area contributed by atoms with Crippen LogP contribution in [0.15, 0.2) is 28.7 Å². The molecule has 1 aromatic rings. The van der Waals surface area contributed by atoms with Gasteiger partial charge in [-0.2, -0.15) is 0 Å². The molecule has 1 unspecified atom stereocenters. The molecule has 0 saturated carbocycles. The molecule has 2 rings (SSSR count). The highest BCUT2D eigenvalue weighted by molar-refractivity contribution is 9.10. The van der Waals surface area contributed by atoms with Crippen molar-refractivity contribution in [2.75, 3.05) is 20.3 Å². The summed E-state index contributed by atoms with van der Waals surface area (Å²) in [5, 5.41) is 5.54. The predicted molar refractivity (Wildman–Crippen MR) is 97.6 cm³/mol. The lowest BCUT2D eigenvalue weighted by molar-refractivity contribution is -0.133. The second-order valence-corrected chi connectivity index (χ2v) is 7.50. The number of nitrogens with zero attached hydrogens (tertiary/aromatic N) is 2. The lowest BCUT2D eigenvalue weighted by Crippen LogP contribution is -2.46. The van der Waals surface area contributed by atoms with Crippen molar-refractivity contribution in [2.45, 2.75) is 32.4 Å². The van der Waals surface area contributed by atoms with Gasteiger partial charge < -0.3 is 10.6 Å². The lowest BCUT2D eigenvalue weighted by Gasteiger charge is -2.25. The SMILES string of the molecule is CC(C)NC(=O)CN(C)CN1C(=O)NC(C)(c2ccccc2Br)C1=O. The highest BCUT2D eigenvalue weighted by Gasteiger charge is 2.49. The topological polar surface area (TPSA) is 81.8 Å². The average Bonchev–Trinajstić information content (AvgIpc) is 2.71. The van der Waals surface area contributed by atoms with Gasteiger partial charge in [0.2, 0.25) is 5.91 Å². The van der Waals surface area contributed by atoms with E-state index in [1.54, 1.807) is 24.9 Å². The maximum Gasteiger partial charge on any atom is 0.326 e. The quantitative estimate of drug-likeness (QED) is 0.698. The molecule has 1 aliphatic rings. The second kappa shape index (κ2) is 7.53. The van der Waals surface area contributed by atoms with Gasteiger partial charge in [-0.25, -0.2) is 9.69 Å². The van der Waals surface area contributed by atoms with Crippen molar-refractivity contribution < 1.29 is 14.4 Å². The van der Waals surface area contributed by atoms with Crippen molar-refractivity contribution in [1.82, 2.24) is 20.4 Å². The molecule has 0 spiro atoms. The highest BCUT2D eigenvalue weighted by Crippen LogP contribution is 2.33. The molecule has 1 aliphatic heterocycles. The van der Waals surface area contributed by atoms with Gasteiger partial charge in [-0.15, -0.1) is 0 Å². The molecule has 136 valence electrons. The van der Waals surface area contributed by atoms with Crippen LogP contribution in [0, 0.1) is 0 Å². The van der Waals surface area contributed by atoms with Crippen LogP contribution in [0.4, 0.5) is 4.79 Å². The first kappa shape index (κ1) is 19.4. The molecule has 7 nitrogen and oxygen atoms in total. The molecular formula is C17H23BrN4O3. The molecule has 0 aliphatic carbocycles. The molecule has 0 bridgehead atoms. The molecule has 1 atom stereocenters. The molecule has 1 saturated heterocycles. The Labute approximate surface area is 155 Å². The second-order valence-electron chi connectivity index (χ2n) is 6.65. The van der Waals surface area contributed by atoms with Gasteiger partial charge in [-0.3, -0.25) is 14.5 Å². The number of halogens is 1. The molecule has 1 aromatic carbocycles. The standard InChI is InChI=1S/C17H23BrN4O3/c1-11(2)19-14(23)9-21(4)10-22-15(24)17(3,20-16(22)25)12-7-5-6-8-13(12)18/h5-8,11H,9-10H2,1-4H3,(H,19,23)(H,20,25). The number of imide groups is 1. The number of hydrogen-bond donors (Lipinski definition) is 2. The van der Waals surface area contributed by atoms with Crippen molar-refractivity contribution in [1.29, 1.82) is 0 Å². The molecule has 8 heteroatoms. The molecular weight excluding hydrogens is 388 g/mol. The minimum atomic E-state index is -1.14. The lowest BCUT2D eigenvalue weighted by atomic mass is 9.92. The van der Waals surface area contributed by atoms with Gasteiger partial charge in [-0.1, -0.05) is 34.1 Å². The number of benzene rings is 1. The Morgan fingerprint density at radius 3 is 2.60 bits per heavy atom. The van der Waals surface area contributed by atoms with E-state index in [0.717, 1.165) is 9.37 Å². The smallest absolute Gasteiger partial charge is 0.326 e. The average molecular weight is 411 g/mol. The first-order valence-electron chi connectivity index (χ1n) is 8.02. The Kier molecular flexibility index (Phi) is 5.84. The summed E-state index contributed by atoms with van der Waals surface area (Å²) in [6.07, 6.45) is 0. The number of carbonyl (C=O) groups excluding carboxylic acids is 3. The van der Waals surface area contributed by atoms with Gasteiger partial charge in [0.15, 0.2) is 0 Å². The maximum absolute atomic E-state index is 12.9. The number of nitrogens with one attached hydrogen (secondary N) is 2. The summed E-state index contributed by atoms with van der Waals surface area (Å²) < 4.78 is 0.748. The van der Waals surface area contributed by atoms with Gasteiger partial charge in [0.25, 0.3) is 5.91 Å². The fourth-order valence-electron chi connectivity index (χ4n) is 2.78. The summed E-state index contributed by atoms with van der Waals surface area (Å²) in [5.74, 6) is -0.501. The Morgan fingerprint density at radius 2 is 2.00 bits per heavy atom. The molecule has 1 heterocycles. The first-order chi connectivity index (χ1) is 11.6. The van der Waals surface area contributed by atoms with Gasteiger partial charge >= 0.3 is 6.03 Å². The summed E-state index contributed by atoms with van der Waals surface area (Å²) in [7, 11) is 1.69. The number of amides is 4. The minimum absolute atomic E-state index is 0.0379. The zero-order valence-electron chi connectivity index (χ0n) is 14.8. The number of rotatable bonds is 6. The summed E-state index contributed by atoms with van der Waals surface area (Å²) in [6.45, 7) is 5.56. The number of carbonyl (C=O) groups is 3. The Morgan fingerprint density at radius 1 is 1.36 bits per heavy atom. The van der Waals surface area contributed by atoms with Crippen LogP contribution in [-0.4, -0.2) is 53.9 Å². The maximum atomic E-state index is 12.9. The summed E-state index contributed by atoms with van der Waals surface area (Å²) in [6, 6.07) is 6.85. The van der Waals surface area contributed by atoms with Crippen LogP contribution in [0.3, 0.4) is 0 Å². The van der Waals surface area contributed by atoms with Crippen molar-refractivity contribution in [3.8, 4) is 0 Å². The third-order valence-electron chi connectivity index (χ3n) is 3.93. The van der Waals surface area contributed by atoms with Gasteiger partial charge in [0.05, 0.1) is 13.2 Å². The van der Waals surface area contributed by atoms with Crippen LogP contribution in [-0.2, 0) is 15.1 Å². The predicted octanol–water partition coefficient (Wildman–Crippen LogP) is 1.63. The Bertz CT molecular complexity index is 694. The van der Waals surface area contributed by atoms with Crippen LogP contribution in [0.25, 0.3) is 0 Å². The van der Waals surface area contributed by atoms with E-state index in [4.69, 9.17) is 0 Å². The van der Waals surface area contributed by atoms with Gasteiger partial charge in [-0.05, 0) is 33.9 Å². The van der Waals surface area contributed by atoms with E-state index >= 15 is 0 Å². The van der Waals surface area contributed by atoms with E-state index in [1.165, 1.54) is 0 Å². The van der Waals surface area contributed by atoms with E-state index in [2.05, 4.69) is 26.6 Å². The highest BCUT2D eigenvalue weighted by atomic mass is 79.9. The molecule has 25 heavy (non-hydrogen) atoms. The van der Waals surface area contributed by atoms with Gasteiger partial charge in [0.1, 0.15) is 5.54 Å². The van der Waals surface area contributed by atoms with Gasteiger partial charge in [0, 0.05) is 16.1 Å². The number of hydrogen-bond acceptors (Lipinski definition) is 4. The monoisotopic (exact) mass is 410 g/mol. The van der Waals surface area contributed by atoms with Crippen molar-refractivity contribution >= 4 is 33.8 Å². The molecule has 4 amide bonds. The van der Waals surface area contributed by atoms with Crippen LogP contribution in [0.2, 0.25) is 0 Å². The molecule has 0 aromatic heterocycles. The summed E-state index contributed by atoms with van der Waals surface area (Å²) in [4.78, 5) is 39.8. The third-order valence-corrected chi connectivity index (χ3v) is 4.63. The molecule has 1 fully saturated rings. The summed E-state index contributed by atoms with van der Waals surface area (Å²) >= 11 is 3.43. The van der Waals surface area contributed by atoms with E-state index in [9.17, 15) is 14.4 Å². The number of urea groups is 1. The van der Waals surface area contributed by atoms with Crippen LogP contribution >= 0.6 is 15.9 Å². The van der Waals surface area contributed by atoms with E-state index in [1.807, 2.05) is 32.0 Å². The molecule has 0 radical (unpaired) electrons. The zero-order valence-corrected chi connectivity index (χ0v) is 16.4. The fourth-order valence-corrected chi connectivity index (χ4v) is 3.46. The Balaban J connectivity index is 2.11. The van der Waals surface area contributed by atoms with E-state index in [0.29, 0.717) is 5.56 Å². The fraction of sp³-hybridized carbons (Fsp3) is 0.471. The zero-order chi connectivity index (χ0) is 18.8. The Hall–Kier alpha value is -1.93. The third kappa shape index (κ3) is 4.19. The van der Waals surface area contributed by atoms with Crippen LogP contribution in [0.5, 0.6) is 0 Å². The first-order valence-corrected chi connectivity index (χ1v) is 8.81. The molecule has 2 N–H and O–H groups in total. The van der Waals surface area contributed by atoms with Crippen LogP contribution in [0.1, 0.15) is 26.3 Å². The van der Waals surface area contributed by atoms with Crippen LogP contribution < -0.4 is 10.6 Å². The minimum Gasteiger partial charge on any atom is -0.353 e. The van der Waals surface area contributed by atoms with E-state index in [-0.39, 0.29) is 31.1 Å². The van der Waals surface area contributed by atoms with E-state index < -0.39 is 11.6 Å².